The van der Waals surface area contributed by atoms with Crippen molar-refractivity contribution < 1.29 is 13.2 Å². The van der Waals surface area contributed by atoms with Crippen molar-refractivity contribution in [3.63, 3.8) is 0 Å². The van der Waals surface area contributed by atoms with Crippen molar-refractivity contribution in [3.8, 4) is 5.88 Å². The maximum Gasteiger partial charge on any atom is 0.233 e. The SMILES string of the molecule is COc1ccc(CC2CCS(=O)(=O)C2)nn1. The van der Waals surface area contributed by atoms with Gasteiger partial charge in [0.05, 0.1) is 24.3 Å². The quantitative estimate of drug-likeness (QED) is 0.770. The zero-order valence-electron chi connectivity index (χ0n) is 9.09. The highest BCUT2D eigenvalue weighted by molar-refractivity contribution is 7.91. The van der Waals surface area contributed by atoms with Gasteiger partial charge >= 0.3 is 0 Å². The van der Waals surface area contributed by atoms with Crippen molar-refractivity contribution in [2.45, 2.75) is 12.8 Å². The van der Waals surface area contributed by atoms with Crippen molar-refractivity contribution in [2.75, 3.05) is 18.6 Å². The molecule has 6 heteroatoms. The van der Waals surface area contributed by atoms with E-state index in [1.807, 2.05) is 6.07 Å². The lowest BCUT2D eigenvalue weighted by Crippen LogP contribution is -2.09. The molecular formula is C10H14N2O3S. The zero-order valence-corrected chi connectivity index (χ0v) is 9.90. The van der Waals surface area contributed by atoms with Crippen LogP contribution in [0.5, 0.6) is 5.88 Å². The smallest absolute Gasteiger partial charge is 0.233 e. The minimum absolute atomic E-state index is 0.188. The monoisotopic (exact) mass is 242 g/mol. The summed E-state index contributed by atoms with van der Waals surface area (Å²) < 4.78 is 27.5. The second-order valence-electron chi connectivity index (χ2n) is 4.04. The molecule has 0 saturated carbocycles. The number of ether oxygens (including phenoxy) is 1. The van der Waals surface area contributed by atoms with Crippen LogP contribution < -0.4 is 4.74 Å². The number of rotatable bonds is 3. The Kier molecular flexibility index (Phi) is 3.09. The van der Waals surface area contributed by atoms with Gasteiger partial charge in [0, 0.05) is 6.07 Å². The van der Waals surface area contributed by atoms with Crippen LogP contribution >= 0.6 is 0 Å². The van der Waals surface area contributed by atoms with Crippen LogP contribution in [0.1, 0.15) is 12.1 Å². The zero-order chi connectivity index (χ0) is 11.6. The molecule has 1 aliphatic rings. The molecule has 0 spiro atoms. The molecule has 1 aromatic rings. The fourth-order valence-electron chi connectivity index (χ4n) is 1.89. The molecule has 0 radical (unpaired) electrons. The number of sulfone groups is 1. The Labute approximate surface area is 94.8 Å². The molecule has 1 saturated heterocycles. The maximum atomic E-state index is 11.3. The lowest BCUT2D eigenvalue weighted by molar-refractivity contribution is 0.390. The van der Waals surface area contributed by atoms with Crippen LogP contribution in [0.4, 0.5) is 0 Å². The third-order valence-electron chi connectivity index (χ3n) is 2.73. The van der Waals surface area contributed by atoms with Gasteiger partial charge in [0.25, 0.3) is 0 Å². The molecule has 0 amide bonds. The van der Waals surface area contributed by atoms with E-state index in [1.54, 1.807) is 6.07 Å². The number of nitrogens with zero attached hydrogens (tertiary/aromatic N) is 2. The van der Waals surface area contributed by atoms with Gasteiger partial charge in [-0.1, -0.05) is 0 Å². The van der Waals surface area contributed by atoms with Crippen molar-refractivity contribution in [3.05, 3.63) is 17.8 Å². The summed E-state index contributed by atoms with van der Waals surface area (Å²) in [6.45, 7) is 0. The van der Waals surface area contributed by atoms with Gasteiger partial charge in [-0.2, -0.15) is 5.10 Å². The summed E-state index contributed by atoms with van der Waals surface area (Å²) in [4.78, 5) is 0. The van der Waals surface area contributed by atoms with E-state index in [1.165, 1.54) is 7.11 Å². The highest BCUT2D eigenvalue weighted by Gasteiger charge is 2.28. The van der Waals surface area contributed by atoms with Crippen molar-refractivity contribution in [2.24, 2.45) is 5.92 Å². The number of hydrogen-bond acceptors (Lipinski definition) is 5. The molecule has 0 N–H and O–H groups in total. The van der Waals surface area contributed by atoms with Crippen LogP contribution in [0.2, 0.25) is 0 Å². The van der Waals surface area contributed by atoms with Gasteiger partial charge in [0.2, 0.25) is 5.88 Å². The summed E-state index contributed by atoms with van der Waals surface area (Å²) >= 11 is 0. The van der Waals surface area contributed by atoms with Gasteiger partial charge in [-0.15, -0.1) is 5.10 Å². The van der Waals surface area contributed by atoms with Gasteiger partial charge in [-0.3, -0.25) is 0 Å². The Hall–Kier alpha value is -1.17. The molecule has 16 heavy (non-hydrogen) atoms. The second kappa shape index (κ2) is 4.37. The number of aromatic nitrogens is 2. The van der Waals surface area contributed by atoms with E-state index < -0.39 is 9.84 Å². The summed E-state index contributed by atoms with van der Waals surface area (Å²) in [6, 6.07) is 3.57. The Bertz CT molecular complexity index is 455. The molecule has 1 unspecified atom stereocenters. The first-order chi connectivity index (χ1) is 7.59. The lowest BCUT2D eigenvalue weighted by Gasteiger charge is -2.06. The normalized spacial score (nSPS) is 23.2. The van der Waals surface area contributed by atoms with Crippen LogP contribution in [-0.4, -0.2) is 37.2 Å². The molecule has 1 aromatic heterocycles. The predicted molar refractivity (Wildman–Crippen MR) is 59.0 cm³/mol. The van der Waals surface area contributed by atoms with E-state index in [0.29, 0.717) is 18.1 Å². The van der Waals surface area contributed by atoms with Gasteiger partial charge in [0.15, 0.2) is 9.84 Å². The first kappa shape index (κ1) is 11.3. The topological polar surface area (TPSA) is 69.2 Å². The molecule has 0 aromatic carbocycles. The minimum Gasteiger partial charge on any atom is -0.480 e. The summed E-state index contributed by atoms with van der Waals surface area (Å²) in [7, 11) is -1.27. The molecule has 5 nitrogen and oxygen atoms in total. The molecule has 1 atom stereocenters. The van der Waals surface area contributed by atoms with Crippen LogP contribution in [0.3, 0.4) is 0 Å². The summed E-state index contributed by atoms with van der Waals surface area (Å²) in [6.07, 6.45) is 1.41. The minimum atomic E-state index is -2.80. The molecule has 1 aliphatic heterocycles. The van der Waals surface area contributed by atoms with E-state index in [0.717, 1.165) is 12.1 Å². The largest absolute Gasteiger partial charge is 0.480 e. The summed E-state index contributed by atoms with van der Waals surface area (Å²) in [5.41, 5.74) is 0.822. The van der Waals surface area contributed by atoms with E-state index >= 15 is 0 Å². The fourth-order valence-corrected chi connectivity index (χ4v) is 3.76. The van der Waals surface area contributed by atoms with E-state index in [9.17, 15) is 8.42 Å². The average molecular weight is 242 g/mol. The highest BCUT2D eigenvalue weighted by Crippen LogP contribution is 2.21. The second-order valence-corrected chi connectivity index (χ2v) is 6.27. The Morgan fingerprint density at radius 2 is 2.25 bits per heavy atom. The molecule has 88 valence electrons. The van der Waals surface area contributed by atoms with Crippen molar-refractivity contribution >= 4 is 9.84 Å². The summed E-state index contributed by atoms with van der Waals surface area (Å²) in [5, 5.41) is 7.84. The highest BCUT2D eigenvalue weighted by atomic mass is 32.2. The number of methoxy groups -OCH3 is 1. The molecule has 1 fully saturated rings. The molecule has 2 rings (SSSR count). The van der Waals surface area contributed by atoms with Gasteiger partial charge < -0.3 is 4.74 Å². The first-order valence-electron chi connectivity index (χ1n) is 5.16. The average Bonchev–Trinajstić information content (AvgIpc) is 2.59. The third-order valence-corrected chi connectivity index (χ3v) is 4.57. The van der Waals surface area contributed by atoms with E-state index in [2.05, 4.69) is 10.2 Å². The van der Waals surface area contributed by atoms with Crippen molar-refractivity contribution in [1.29, 1.82) is 0 Å². The third kappa shape index (κ3) is 2.69. The van der Waals surface area contributed by atoms with E-state index in [-0.39, 0.29) is 11.7 Å². The molecule has 0 bridgehead atoms. The van der Waals surface area contributed by atoms with Gasteiger partial charge in [0.1, 0.15) is 0 Å². The van der Waals surface area contributed by atoms with Crippen LogP contribution in [0.15, 0.2) is 12.1 Å². The van der Waals surface area contributed by atoms with Gasteiger partial charge in [-0.25, -0.2) is 8.42 Å². The standard InChI is InChI=1S/C10H14N2O3S/c1-15-10-3-2-9(11-12-10)6-8-4-5-16(13,14)7-8/h2-3,8H,4-7H2,1H3. The Balaban J connectivity index is 1.99. The fraction of sp³-hybridized carbons (Fsp3) is 0.600. The Morgan fingerprint density at radius 3 is 2.75 bits per heavy atom. The van der Waals surface area contributed by atoms with Crippen LogP contribution in [-0.2, 0) is 16.3 Å². The van der Waals surface area contributed by atoms with Crippen LogP contribution in [0, 0.1) is 5.92 Å². The predicted octanol–water partition coefficient (Wildman–Crippen LogP) is 0.462. The molecule has 2 heterocycles. The number of hydrogen-bond donors (Lipinski definition) is 0. The van der Waals surface area contributed by atoms with Crippen molar-refractivity contribution in [1.82, 2.24) is 10.2 Å². The first-order valence-corrected chi connectivity index (χ1v) is 6.98. The lowest BCUT2D eigenvalue weighted by atomic mass is 10.0. The molecular weight excluding hydrogens is 228 g/mol. The Morgan fingerprint density at radius 1 is 1.44 bits per heavy atom. The van der Waals surface area contributed by atoms with Crippen LogP contribution in [0.25, 0.3) is 0 Å². The maximum absolute atomic E-state index is 11.3. The van der Waals surface area contributed by atoms with Gasteiger partial charge in [-0.05, 0) is 24.8 Å². The molecule has 0 aliphatic carbocycles. The van der Waals surface area contributed by atoms with E-state index in [4.69, 9.17) is 4.74 Å². The summed E-state index contributed by atoms with van der Waals surface area (Å²) in [5.74, 6) is 1.25.